The molecule has 0 fully saturated rings. The highest BCUT2D eigenvalue weighted by Crippen LogP contribution is 2.22. The van der Waals surface area contributed by atoms with Crippen molar-refractivity contribution in [3.8, 4) is 0 Å². The molecule has 2 rings (SSSR count). The maximum Gasteiger partial charge on any atom is 0.251 e. The molecule has 0 saturated heterocycles. The summed E-state index contributed by atoms with van der Waals surface area (Å²) in [5.41, 5.74) is 1.74. The van der Waals surface area contributed by atoms with E-state index in [-0.39, 0.29) is 17.2 Å². The van der Waals surface area contributed by atoms with E-state index in [2.05, 4.69) is 26.1 Å². The van der Waals surface area contributed by atoms with Gasteiger partial charge in [-0.15, -0.1) is 0 Å². The topological polar surface area (TPSA) is 62.6 Å². The summed E-state index contributed by atoms with van der Waals surface area (Å²) in [6.45, 7) is 8.42. The van der Waals surface area contributed by atoms with Crippen molar-refractivity contribution in [3.63, 3.8) is 0 Å². The average Bonchev–Trinajstić information content (AvgIpc) is 3.06. The lowest BCUT2D eigenvalue weighted by molar-refractivity contribution is -0.132. The fraction of sp³-hybridized carbons (Fsp3) is 0.400. The second-order valence-corrected chi connectivity index (χ2v) is 7.30. The van der Waals surface area contributed by atoms with Gasteiger partial charge in [-0.1, -0.05) is 32.9 Å². The van der Waals surface area contributed by atoms with Crippen LogP contribution in [0.25, 0.3) is 0 Å². The second-order valence-electron chi connectivity index (χ2n) is 7.30. The lowest BCUT2D eigenvalue weighted by Crippen LogP contribution is -2.45. The van der Waals surface area contributed by atoms with Gasteiger partial charge < -0.3 is 14.6 Å². The van der Waals surface area contributed by atoms with Gasteiger partial charge in [0.15, 0.2) is 0 Å². The van der Waals surface area contributed by atoms with E-state index in [0.717, 1.165) is 5.56 Å². The van der Waals surface area contributed by atoms with Crippen molar-refractivity contribution in [1.82, 2.24) is 10.2 Å². The molecule has 1 aromatic heterocycles. The number of carbonyl (C=O) groups is 2. The number of hydrogen-bond donors (Lipinski definition) is 1. The summed E-state index contributed by atoms with van der Waals surface area (Å²) in [6, 6.07) is 10.5. The first-order chi connectivity index (χ1) is 11.7. The van der Waals surface area contributed by atoms with Crippen LogP contribution in [0.15, 0.2) is 47.1 Å². The molecule has 1 N–H and O–H groups in total. The molecule has 1 unspecified atom stereocenters. The third-order valence-corrected chi connectivity index (χ3v) is 4.08. The van der Waals surface area contributed by atoms with Crippen molar-refractivity contribution in [1.29, 1.82) is 0 Å². The molecule has 0 bridgehead atoms. The molecular weight excluding hydrogens is 316 g/mol. The van der Waals surface area contributed by atoms with E-state index in [9.17, 15) is 9.59 Å². The van der Waals surface area contributed by atoms with E-state index in [1.54, 1.807) is 38.4 Å². The zero-order valence-electron chi connectivity index (χ0n) is 15.5. The van der Waals surface area contributed by atoms with Gasteiger partial charge >= 0.3 is 0 Å². The van der Waals surface area contributed by atoms with Gasteiger partial charge in [0, 0.05) is 12.6 Å². The van der Waals surface area contributed by atoms with Crippen molar-refractivity contribution in [2.75, 3.05) is 7.05 Å². The molecule has 0 aliphatic carbocycles. The summed E-state index contributed by atoms with van der Waals surface area (Å²) >= 11 is 0. The summed E-state index contributed by atoms with van der Waals surface area (Å²) in [4.78, 5) is 26.3. The summed E-state index contributed by atoms with van der Waals surface area (Å²) in [6.07, 6.45) is 1.57. The first-order valence-corrected chi connectivity index (χ1v) is 8.37. The highest BCUT2D eigenvalue weighted by molar-refractivity contribution is 5.97. The molecule has 1 aromatic carbocycles. The highest BCUT2D eigenvalue weighted by atomic mass is 16.3. The standard InChI is InChI=1S/C20H26N2O3/c1-14(19(24)22(5)13-17-7-6-12-25-17)21-18(23)15-8-10-16(11-9-15)20(2,3)4/h6-12,14H,13H2,1-5H3,(H,21,23). The summed E-state index contributed by atoms with van der Waals surface area (Å²) in [5.74, 6) is 0.274. The maximum atomic E-state index is 12.4. The van der Waals surface area contributed by atoms with Crippen LogP contribution in [0.2, 0.25) is 0 Å². The molecule has 1 heterocycles. The molecule has 0 radical (unpaired) electrons. The van der Waals surface area contributed by atoms with Gasteiger partial charge in [-0.25, -0.2) is 0 Å². The van der Waals surface area contributed by atoms with Crippen LogP contribution in [0.1, 0.15) is 49.4 Å². The molecule has 134 valence electrons. The first kappa shape index (κ1) is 18.8. The molecule has 0 aliphatic heterocycles. The van der Waals surface area contributed by atoms with Gasteiger partial charge in [-0.05, 0) is 42.2 Å². The Bertz CT molecular complexity index is 712. The normalized spacial score (nSPS) is 12.5. The molecule has 2 aromatic rings. The number of nitrogens with zero attached hydrogens (tertiary/aromatic N) is 1. The van der Waals surface area contributed by atoms with Gasteiger partial charge in [0.05, 0.1) is 12.8 Å². The lowest BCUT2D eigenvalue weighted by Gasteiger charge is -2.22. The highest BCUT2D eigenvalue weighted by Gasteiger charge is 2.21. The molecule has 0 spiro atoms. The molecular formula is C20H26N2O3. The predicted octanol–water partition coefficient (Wildman–Crippen LogP) is 3.35. The molecule has 5 nitrogen and oxygen atoms in total. The fourth-order valence-electron chi connectivity index (χ4n) is 2.51. The Morgan fingerprint density at radius 2 is 1.80 bits per heavy atom. The van der Waals surface area contributed by atoms with E-state index in [0.29, 0.717) is 17.9 Å². The van der Waals surface area contributed by atoms with Gasteiger partial charge in [0.25, 0.3) is 5.91 Å². The summed E-state index contributed by atoms with van der Waals surface area (Å²) in [5, 5.41) is 2.75. The van der Waals surface area contributed by atoms with E-state index >= 15 is 0 Å². The van der Waals surface area contributed by atoms with Crippen LogP contribution in [0, 0.1) is 0 Å². The van der Waals surface area contributed by atoms with Crippen LogP contribution >= 0.6 is 0 Å². The minimum atomic E-state index is -0.616. The Morgan fingerprint density at radius 1 is 1.16 bits per heavy atom. The van der Waals surface area contributed by atoms with E-state index in [1.807, 2.05) is 18.2 Å². The Hall–Kier alpha value is -2.56. The minimum Gasteiger partial charge on any atom is -0.467 e. The second kappa shape index (κ2) is 7.55. The largest absolute Gasteiger partial charge is 0.467 e. The monoisotopic (exact) mass is 342 g/mol. The summed E-state index contributed by atoms with van der Waals surface area (Å²) < 4.78 is 5.24. The van der Waals surface area contributed by atoms with Crippen LogP contribution in [-0.2, 0) is 16.8 Å². The molecule has 0 saturated carbocycles. The van der Waals surface area contributed by atoms with Crippen LogP contribution in [-0.4, -0.2) is 29.8 Å². The number of nitrogens with one attached hydrogen (secondary N) is 1. The van der Waals surface area contributed by atoms with Gasteiger partial charge in [0.1, 0.15) is 11.8 Å². The number of likely N-dealkylation sites (N-methyl/N-ethyl adjacent to an activating group) is 1. The number of carbonyl (C=O) groups excluding carboxylic acids is 2. The fourth-order valence-corrected chi connectivity index (χ4v) is 2.51. The molecule has 0 aliphatic rings. The van der Waals surface area contributed by atoms with Crippen LogP contribution in [0.3, 0.4) is 0 Å². The van der Waals surface area contributed by atoms with E-state index in [4.69, 9.17) is 4.42 Å². The van der Waals surface area contributed by atoms with Crippen molar-refractivity contribution < 1.29 is 14.0 Å². The van der Waals surface area contributed by atoms with Crippen molar-refractivity contribution in [2.45, 2.75) is 45.7 Å². The Labute approximate surface area is 149 Å². The lowest BCUT2D eigenvalue weighted by atomic mass is 9.86. The Kier molecular flexibility index (Phi) is 5.67. The number of benzene rings is 1. The molecule has 5 heteroatoms. The van der Waals surface area contributed by atoms with Gasteiger partial charge in [0.2, 0.25) is 5.91 Å². The number of hydrogen-bond acceptors (Lipinski definition) is 3. The van der Waals surface area contributed by atoms with Crippen LogP contribution < -0.4 is 5.32 Å². The van der Waals surface area contributed by atoms with Gasteiger partial charge in [-0.2, -0.15) is 0 Å². The number of furan rings is 1. The molecule has 1 atom stereocenters. The SMILES string of the molecule is CC(NC(=O)c1ccc(C(C)(C)C)cc1)C(=O)N(C)Cc1ccco1. The smallest absolute Gasteiger partial charge is 0.251 e. The minimum absolute atomic E-state index is 0.0346. The maximum absolute atomic E-state index is 12.4. The van der Waals surface area contributed by atoms with Crippen molar-refractivity contribution in [3.05, 3.63) is 59.5 Å². The van der Waals surface area contributed by atoms with E-state index < -0.39 is 6.04 Å². The zero-order chi connectivity index (χ0) is 18.6. The third kappa shape index (κ3) is 4.95. The Morgan fingerprint density at radius 3 is 2.32 bits per heavy atom. The number of rotatable bonds is 5. The molecule has 25 heavy (non-hydrogen) atoms. The van der Waals surface area contributed by atoms with Crippen LogP contribution in [0.4, 0.5) is 0 Å². The Balaban J connectivity index is 1.95. The predicted molar refractivity (Wildman–Crippen MR) is 97.3 cm³/mol. The first-order valence-electron chi connectivity index (χ1n) is 8.37. The van der Waals surface area contributed by atoms with Crippen molar-refractivity contribution >= 4 is 11.8 Å². The van der Waals surface area contributed by atoms with Crippen LogP contribution in [0.5, 0.6) is 0 Å². The summed E-state index contributed by atoms with van der Waals surface area (Å²) in [7, 11) is 1.69. The van der Waals surface area contributed by atoms with E-state index in [1.165, 1.54) is 4.90 Å². The zero-order valence-corrected chi connectivity index (χ0v) is 15.5. The molecule has 2 amide bonds. The average molecular weight is 342 g/mol. The number of amides is 2. The van der Waals surface area contributed by atoms with Gasteiger partial charge in [-0.3, -0.25) is 9.59 Å². The quantitative estimate of drug-likeness (QED) is 0.906. The third-order valence-electron chi connectivity index (χ3n) is 4.08. The van der Waals surface area contributed by atoms with Crippen molar-refractivity contribution in [2.24, 2.45) is 0 Å².